The summed E-state index contributed by atoms with van der Waals surface area (Å²) in [6.07, 6.45) is 1.80. The van der Waals surface area contributed by atoms with Crippen LogP contribution in [0.5, 0.6) is 0 Å². The summed E-state index contributed by atoms with van der Waals surface area (Å²) in [4.78, 5) is 13.5. The number of hydrogen-bond donors (Lipinski definition) is 1. The molecule has 0 saturated carbocycles. The molecular weight excluding hydrogens is 278 g/mol. The third-order valence-corrected chi connectivity index (χ3v) is 4.15. The van der Waals surface area contributed by atoms with E-state index >= 15 is 0 Å². The topological polar surface area (TPSA) is 41.6 Å². The summed E-state index contributed by atoms with van der Waals surface area (Å²) in [6, 6.07) is 9.75. The van der Waals surface area contributed by atoms with Gasteiger partial charge in [-0.15, -0.1) is 11.3 Å². The Kier molecular flexibility index (Phi) is 2.33. The highest BCUT2D eigenvalue weighted by Crippen LogP contribution is 2.28. The van der Waals surface area contributed by atoms with Gasteiger partial charge in [-0.05, 0) is 29.6 Å². The van der Waals surface area contributed by atoms with Crippen molar-refractivity contribution in [1.29, 1.82) is 0 Å². The lowest BCUT2D eigenvalue weighted by Crippen LogP contribution is -1.80. The van der Waals surface area contributed by atoms with E-state index in [2.05, 4.69) is 21.0 Å². The Hall–Kier alpha value is -1.91. The third-order valence-electron chi connectivity index (χ3n) is 3.03. The van der Waals surface area contributed by atoms with Crippen molar-refractivity contribution in [2.45, 2.75) is 0 Å². The summed E-state index contributed by atoms with van der Waals surface area (Å²) in [5, 5.41) is 3.74. The minimum absolute atomic E-state index is 0.688. The smallest absolute Gasteiger partial charge is 0.148 e. The highest BCUT2D eigenvalue weighted by molar-refractivity contribution is 7.13. The monoisotopic (exact) mass is 285 g/mol. The molecule has 0 amide bonds. The Balaban J connectivity index is 2.05. The molecule has 5 heteroatoms. The molecule has 0 fully saturated rings. The van der Waals surface area contributed by atoms with Crippen LogP contribution < -0.4 is 0 Å². The van der Waals surface area contributed by atoms with E-state index < -0.39 is 0 Å². The van der Waals surface area contributed by atoms with Gasteiger partial charge in [0.1, 0.15) is 5.82 Å². The molecule has 3 nitrogen and oxygen atoms in total. The van der Waals surface area contributed by atoms with E-state index in [1.54, 1.807) is 17.5 Å². The summed E-state index contributed by atoms with van der Waals surface area (Å²) in [6.45, 7) is 0. The van der Waals surface area contributed by atoms with Crippen molar-refractivity contribution < 1.29 is 0 Å². The van der Waals surface area contributed by atoms with Crippen LogP contribution in [0.3, 0.4) is 0 Å². The van der Waals surface area contributed by atoms with Gasteiger partial charge in [0.2, 0.25) is 0 Å². The molecule has 1 aromatic carbocycles. The van der Waals surface area contributed by atoms with E-state index in [1.165, 1.54) is 0 Å². The maximum Gasteiger partial charge on any atom is 0.148 e. The first kappa shape index (κ1) is 11.0. The van der Waals surface area contributed by atoms with E-state index in [0.717, 1.165) is 32.6 Å². The number of aromatic nitrogens is 3. The SMILES string of the molecule is Clc1ccc2c(c1)ncc1[nH]c(-c3cccs3)nc12. The van der Waals surface area contributed by atoms with Gasteiger partial charge in [0.15, 0.2) is 0 Å². The molecule has 92 valence electrons. The van der Waals surface area contributed by atoms with Crippen LogP contribution in [0, 0.1) is 0 Å². The molecule has 1 N–H and O–H groups in total. The fourth-order valence-electron chi connectivity index (χ4n) is 2.16. The molecule has 0 radical (unpaired) electrons. The van der Waals surface area contributed by atoms with E-state index in [1.807, 2.05) is 29.6 Å². The Morgan fingerprint density at radius 1 is 1.21 bits per heavy atom. The summed E-state index contributed by atoms with van der Waals surface area (Å²) in [5.41, 5.74) is 2.74. The number of H-pyrrole nitrogens is 1. The van der Waals surface area contributed by atoms with Crippen molar-refractivity contribution in [1.82, 2.24) is 15.0 Å². The number of aromatic amines is 1. The molecule has 4 rings (SSSR count). The van der Waals surface area contributed by atoms with Gasteiger partial charge >= 0.3 is 0 Å². The zero-order valence-corrected chi connectivity index (χ0v) is 11.3. The molecule has 0 aliphatic carbocycles. The van der Waals surface area contributed by atoms with E-state index in [0.29, 0.717) is 5.02 Å². The number of fused-ring (bicyclic) bond motifs is 3. The molecule has 0 atom stereocenters. The second-order valence-electron chi connectivity index (χ2n) is 4.24. The number of benzene rings is 1. The summed E-state index contributed by atoms with van der Waals surface area (Å²) < 4.78 is 0. The number of pyridine rings is 1. The molecule has 0 aliphatic rings. The van der Waals surface area contributed by atoms with Crippen molar-refractivity contribution >= 4 is 44.9 Å². The molecule has 3 heterocycles. The molecular formula is C14H8ClN3S. The van der Waals surface area contributed by atoms with Gasteiger partial charge in [0.25, 0.3) is 0 Å². The average molecular weight is 286 g/mol. The average Bonchev–Trinajstić information content (AvgIpc) is 3.06. The van der Waals surface area contributed by atoms with Crippen LogP contribution >= 0.6 is 22.9 Å². The number of nitrogens with one attached hydrogen (secondary N) is 1. The zero-order valence-electron chi connectivity index (χ0n) is 9.72. The number of thiophene rings is 1. The van der Waals surface area contributed by atoms with Gasteiger partial charge in [-0.1, -0.05) is 17.7 Å². The van der Waals surface area contributed by atoms with E-state index in [9.17, 15) is 0 Å². The number of imidazole rings is 1. The normalized spacial score (nSPS) is 11.4. The Morgan fingerprint density at radius 2 is 2.16 bits per heavy atom. The molecule has 0 saturated heterocycles. The molecule has 3 aromatic heterocycles. The van der Waals surface area contributed by atoms with Gasteiger partial charge in [-0.2, -0.15) is 0 Å². The molecule has 19 heavy (non-hydrogen) atoms. The summed E-state index contributed by atoms with van der Waals surface area (Å²) in [5.74, 6) is 0.884. The second-order valence-corrected chi connectivity index (χ2v) is 5.63. The second kappa shape index (κ2) is 4.05. The highest BCUT2D eigenvalue weighted by Gasteiger charge is 2.09. The van der Waals surface area contributed by atoms with Crippen LogP contribution in [0.15, 0.2) is 41.9 Å². The summed E-state index contributed by atoms with van der Waals surface area (Å²) >= 11 is 7.65. The first-order valence-corrected chi connectivity index (χ1v) is 7.05. The minimum Gasteiger partial charge on any atom is -0.336 e. The Morgan fingerprint density at radius 3 is 3.00 bits per heavy atom. The standard InChI is InChI=1S/C14H8ClN3S/c15-8-3-4-9-10(6-8)16-7-11-13(9)18-14(17-11)12-2-1-5-19-12/h1-7H,(H,17,18). The van der Waals surface area contributed by atoms with Crippen LogP contribution in [-0.2, 0) is 0 Å². The first-order chi connectivity index (χ1) is 9.31. The molecule has 0 unspecified atom stereocenters. The predicted molar refractivity (Wildman–Crippen MR) is 79.7 cm³/mol. The van der Waals surface area contributed by atoms with Gasteiger partial charge < -0.3 is 4.98 Å². The molecule has 0 aliphatic heterocycles. The lowest BCUT2D eigenvalue weighted by molar-refractivity contribution is 1.35. The fraction of sp³-hybridized carbons (Fsp3) is 0. The Bertz CT molecular complexity index is 880. The van der Waals surface area contributed by atoms with Crippen LogP contribution in [0.4, 0.5) is 0 Å². The lowest BCUT2D eigenvalue weighted by Gasteiger charge is -1.97. The van der Waals surface area contributed by atoms with E-state index in [-0.39, 0.29) is 0 Å². The van der Waals surface area contributed by atoms with Gasteiger partial charge in [0, 0.05) is 10.4 Å². The maximum absolute atomic E-state index is 5.99. The number of halogens is 1. The maximum atomic E-state index is 5.99. The molecule has 0 bridgehead atoms. The third kappa shape index (κ3) is 1.72. The van der Waals surface area contributed by atoms with Crippen LogP contribution in [-0.4, -0.2) is 15.0 Å². The quantitative estimate of drug-likeness (QED) is 0.560. The molecule has 0 spiro atoms. The highest BCUT2D eigenvalue weighted by atomic mass is 35.5. The van der Waals surface area contributed by atoms with Crippen LogP contribution in [0.2, 0.25) is 5.02 Å². The fourth-order valence-corrected chi connectivity index (χ4v) is 3.00. The zero-order chi connectivity index (χ0) is 12.8. The van der Waals surface area contributed by atoms with Crippen molar-refractivity contribution in [2.24, 2.45) is 0 Å². The van der Waals surface area contributed by atoms with Crippen molar-refractivity contribution in [3.8, 4) is 10.7 Å². The van der Waals surface area contributed by atoms with Crippen molar-refractivity contribution in [2.75, 3.05) is 0 Å². The Labute approximate surface area is 117 Å². The summed E-state index contributed by atoms with van der Waals surface area (Å²) in [7, 11) is 0. The largest absolute Gasteiger partial charge is 0.336 e. The minimum atomic E-state index is 0.688. The number of rotatable bonds is 1. The first-order valence-electron chi connectivity index (χ1n) is 5.79. The van der Waals surface area contributed by atoms with E-state index in [4.69, 9.17) is 11.6 Å². The lowest BCUT2D eigenvalue weighted by atomic mass is 10.2. The van der Waals surface area contributed by atoms with Gasteiger partial charge in [-0.25, -0.2) is 4.98 Å². The molecule has 4 aromatic rings. The van der Waals surface area contributed by atoms with Crippen molar-refractivity contribution in [3.05, 3.63) is 46.9 Å². The van der Waals surface area contributed by atoms with Crippen molar-refractivity contribution in [3.63, 3.8) is 0 Å². The van der Waals surface area contributed by atoms with Crippen LogP contribution in [0.1, 0.15) is 0 Å². The van der Waals surface area contributed by atoms with Gasteiger partial charge in [-0.3, -0.25) is 4.98 Å². The number of hydrogen-bond acceptors (Lipinski definition) is 3. The van der Waals surface area contributed by atoms with Gasteiger partial charge in [0.05, 0.1) is 27.6 Å². The predicted octanol–water partition coefficient (Wildman–Crippen LogP) is 4.49. The number of nitrogens with zero attached hydrogens (tertiary/aromatic N) is 2. The van der Waals surface area contributed by atoms with Crippen LogP contribution in [0.25, 0.3) is 32.6 Å².